The average Bonchev–Trinajstić information content (AvgIpc) is 2.78. The highest BCUT2D eigenvalue weighted by Gasteiger charge is 2.28. The number of carbonyl (C=O) groups is 1. The number of alkyl halides is 1. The van der Waals surface area contributed by atoms with Crippen molar-refractivity contribution in [3.8, 4) is 0 Å². The first kappa shape index (κ1) is 11.3. The van der Waals surface area contributed by atoms with Crippen molar-refractivity contribution in [1.82, 2.24) is 15.1 Å². The Morgan fingerprint density at radius 2 is 2.47 bits per heavy atom. The number of allylic oxidation sites excluding steroid dienone is 2. The molecule has 0 aromatic carbocycles. The lowest BCUT2D eigenvalue weighted by atomic mass is 10.3. The molecular formula is C10H11FN4O2. The maximum absolute atomic E-state index is 13.8. The third-order valence-electron chi connectivity index (χ3n) is 2.27. The second-order valence-corrected chi connectivity index (χ2v) is 3.41. The fourth-order valence-corrected chi connectivity index (χ4v) is 1.38. The van der Waals surface area contributed by atoms with E-state index in [0.717, 1.165) is 0 Å². The second kappa shape index (κ2) is 4.02. The Morgan fingerprint density at radius 1 is 1.71 bits per heavy atom. The summed E-state index contributed by atoms with van der Waals surface area (Å²) in [6, 6.07) is 1.45. The number of dihydropyridines is 1. The minimum atomic E-state index is -2.08. The van der Waals surface area contributed by atoms with E-state index in [2.05, 4.69) is 15.2 Å². The van der Waals surface area contributed by atoms with Crippen LogP contribution in [0.2, 0.25) is 0 Å². The SMILES string of the molecule is COC1(F)C=C(n2ccc(C(N)=O)n2)C=CN1. The second-order valence-electron chi connectivity index (χ2n) is 3.41. The van der Waals surface area contributed by atoms with E-state index in [-0.39, 0.29) is 5.69 Å². The number of rotatable bonds is 3. The third kappa shape index (κ3) is 2.18. The highest BCUT2D eigenvalue weighted by atomic mass is 19.2. The van der Waals surface area contributed by atoms with Crippen LogP contribution in [0, 0.1) is 0 Å². The van der Waals surface area contributed by atoms with Crippen molar-refractivity contribution in [3.63, 3.8) is 0 Å². The van der Waals surface area contributed by atoms with Gasteiger partial charge in [0.2, 0.25) is 0 Å². The molecule has 1 atom stereocenters. The molecule has 6 nitrogen and oxygen atoms in total. The summed E-state index contributed by atoms with van der Waals surface area (Å²) in [5, 5.41) is 6.30. The summed E-state index contributed by atoms with van der Waals surface area (Å²) in [7, 11) is 1.23. The van der Waals surface area contributed by atoms with Crippen molar-refractivity contribution >= 4 is 11.6 Å². The number of amides is 1. The quantitative estimate of drug-likeness (QED) is 0.737. The van der Waals surface area contributed by atoms with Crippen LogP contribution in [0.3, 0.4) is 0 Å². The Bertz CT molecular complexity index is 508. The average molecular weight is 238 g/mol. The Kier molecular flexibility index (Phi) is 2.68. The maximum Gasteiger partial charge on any atom is 0.309 e. The van der Waals surface area contributed by atoms with Crippen LogP contribution in [0.5, 0.6) is 0 Å². The van der Waals surface area contributed by atoms with Crippen LogP contribution in [-0.4, -0.2) is 28.8 Å². The van der Waals surface area contributed by atoms with Gasteiger partial charge in [-0.3, -0.25) is 4.79 Å². The highest BCUT2D eigenvalue weighted by Crippen LogP contribution is 2.20. The van der Waals surface area contributed by atoms with E-state index in [4.69, 9.17) is 5.73 Å². The number of hydrogen-bond acceptors (Lipinski definition) is 4. The minimum absolute atomic E-state index is 0.111. The predicted octanol–water partition coefficient (Wildman–Crippen LogP) is 0.210. The zero-order chi connectivity index (χ0) is 12.5. The van der Waals surface area contributed by atoms with Gasteiger partial charge in [-0.2, -0.15) is 9.49 Å². The van der Waals surface area contributed by atoms with Gasteiger partial charge in [-0.05, 0) is 12.1 Å². The highest BCUT2D eigenvalue weighted by molar-refractivity contribution is 5.90. The van der Waals surface area contributed by atoms with Crippen molar-refractivity contribution < 1.29 is 13.9 Å². The normalized spacial score (nSPS) is 23.1. The summed E-state index contributed by atoms with van der Waals surface area (Å²) < 4.78 is 19.8. The molecule has 0 fully saturated rings. The fraction of sp³-hybridized carbons (Fsp3) is 0.200. The van der Waals surface area contributed by atoms with Gasteiger partial charge in [-0.1, -0.05) is 0 Å². The zero-order valence-corrected chi connectivity index (χ0v) is 9.05. The van der Waals surface area contributed by atoms with E-state index < -0.39 is 11.9 Å². The van der Waals surface area contributed by atoms with Crippen LogP contribution in [0.25, 0.3) is 5.70 Å². The van der Waals surface area contributed by atoms with Gasteiger partial charge in [-0.15, -0.1) is 0 Å². The largest absolute Gasteiger partial charge is 0.364 e. The monoisotopic (exact) mass is 238 g/mol. The van der Waals surface area contributed by atoms with Crippen LogP contribution >= 0.6 is 0 Å². The summed E-state index contributed by atoms with van der Waals surface area (Å²) in [5.41, 5.74) is 5.61. The van der Waals surface area contributed by atoms with E-state index >= 15 is 0 Å². The molecule has 0 bridgehead atoms. The van der Waals surface area contributed by atoms with Gasteiger partial charge >= 0.3 is 5.98 Å². The molecule has 1 aliphatic heterocycles. The first-order chi connectivity index (χ1) is 8.04. The Hall–Kier alpha value is -2.15. The molecule has 1 aromatic rings. The number of carbonyl (C=O) groups excluding carboxylic acids is 1. The Balaban J connectivity index is 2.33. The van der Waals surface area contributed by atoms with Gasteiger partial charge < -0.3 is 15.8 Å². The minimum Gasteiger partial charge on any atom is -0.364 e. The molecule has 1 aliphatic rings. The number of methoxy groups -OCH3 is 1. The van der Waals surface area contributed by atoms with Crippen molar-refractivity contribution in [2.24, 2.45) is 5.73 Å². The van der Waals surface area contributed by atoms with Gasteiger partial charge in [0.05, 0.1) is 5.70 Å². The number of halogens is 1. The summed E-state index contributed by atoms with van der Waals surface area (Å²) in [6.45, 7) is 0. The van der Waals surface area contributed by atoms with E-state index in [9.17, 15) is 9.18 Å². The molecule has 0 saturated carbocycles. The summed E-state index contributed by atoms with van der Waals surface area (Å²) in [6.07, 6.45) is 5.70. The zero-order valence-electron chi connectivity index (χ0n) is 9.05. The fourth-order valence-electron chi connectivity index (χ4n) is 1.38. The molecule has 7 heteroatoms. The smallest absolute Gasteiger partial charge is 0.309 e. The topological polar surface area (TPSA) is 82.2 Å². The first-order valence-electron chi connectivity index (χ1n) is 4.81. The number of nitrogens with zero attached hydrogens (tertiary/aromatic N) is 2. The third-order valence-corrected chi connectivity index (χ3v) is 2.27. The van der Waals surface area contributed by atoms with Crippen molar-refractivity contribution in [3.05, 3.63) is 36.3 Å². The molecule has 2 rings (SSSR count). The summed E-state index contributed by atoms with van der Waals surface area (Å²) in [5.74, 6) is -2.72. The van der Waals surface area contributed by atoms with Crippen molar-refractivity contribution in [2.45, 2.75) is 5.98 Å². The maximum atomic E-state index is 13.8. The van der Waals surface area contributed by atoms with Crippen LogP contribution in [0.1, 0.15) is 10.5 Å². The standard InChI is InChI=1S/C10H11FN4O2/c1-17-10(11)6-7(2-4-13-10)15-5-3-8(14-15)9(12)16/h2-6,13H,1H3,(H2,12,16). The number of ether oxygens (including phenoxy) is 1. The summed E-state index contributed by atoms with van der Waals surface area (Å²) >= 11 is 0. The van der Waals surface area contributed by atoms with Crippen molar-refractivity contribution in [1.29, 1.82) is 0 Å². The predicted molar refractivity (Wildman–Crippen MR) is 58.1 cm³/mol. The lowest BCUT2D eigenvalue weighted by Gasteiger charge is -2.24. The van der Waals surface area contributed by atoms with E-state index in [1.807, 2.05) is 0 Å². The lowest BCUT2D eigenvalue weighted by Crippen LogP contribution is -2.39. The van der Waals surface area contributed by atoms with Crippen LogP contribution in [0.15, 0.2) is 30.6 Å². The van der Waals surface area contributed by atoms with Gasteiger partial charge in [-0.25, -0.2) is 4.68 Å². The van der Waals surface area contributed by atoms with E-state index in [1.54, 1.807) is 6.08 Å². The molecule has 90 valence electrons. The van der Waals surface area contributed by atoms with Crippen LogP contribution in [0.4, 0.5) is 4.39 Å². The lowest BCUT2D eigenvalue weighted by molar-refractivity contribution is -0.0961. The number of nitrogens with two attached hydrogens (primary N) is 1. The van der Waals surface area contributed by atoms with Gasteiger partial charge in [0.25, 0.3) is 5.91 Å². The molecular weight excluding hydrogens is 227 g/mol. The molecule has 0 radical (unpaired) electrons. The molecule has 0 saturated heterocycles. The molecule has 3 N–H and O–H groups in total. The number of primary amides is 1. The van der Waals surface area contributed by atoms with E-state index in [1.165, 1.54) is 36.3 Å². The number of hydrogen-bond donors (Lipinski definition) is 2. The molecule has 17 heavy (non-hydrogen) atoms. The molecule has 0 spiro atoms. The molecule has 2 heterocycles. The molecule has 1 aromatic heterocycles. The van der Waals surface area contributed by atoms with Gasteiger partial charge in [0.1, 0.15) is 5.69 Å². The number of aromatic nitrogens is 2. The van der Waals surface area contributed by atoms with Crippen LogP contribution < -0.4 is 11.1 Å². The van der Waals surface area contributed by atoms with Crippen LogP contribution in [-0.2, 0) is 4.74 Å². The Labute approximate surface area is 96.5 Å². The van der Waals surface area contributed by atoms with Gasteiger partial charge in [0, 0.05) is 25.6 Å². The molecule has 1 amide bonds. The summed E-state index contributed by atoms with van der Waals surface area (Å²) in [4.78, 5) is 10.9. The van der Waals surface area contributed by atoms with Crippen molar-refractivity contribution in [2.75, 3.05) is 7.11 Å². The van der Waals surface area contributed by atoms with E-state index in [0.29, 0.717) is 5.70 Å². The number of nitrogens with one attached hydrogen (secondary N) is 1. The molecule has 0 aliphatic carbocycles. The molecule has 1 unspecified atom stereocenters. The van der Waals surface area contributed by atoms with Gasteiger partial charge in [0.15, 0.2) is 0 Å². The Morgan fingerprint density at radius 3 is 3.06 bits per heavy atom. The first-order valence-corrected chi connectivity index (χ1v) is 4.81.